The largest absolute Gasteiger partial charge is 0.456 e. The number of aliphatic imine (C=N–C) groups is 2. The maximum Gasteiger partial charge on any atom is 0.218 e. The first kappa shape index (κ1) is 19.1. The Hall–Kier alpha value is -2.66. The second kappa shape index (κ2) is 7.49. The van der Waals surface area contributed by atoms with E-state index in [1.807, 2.05) is 0 Å². The summed E-state index contributed by atoms with van der Waals surface area (Å²) in [5.74, 6) is 1.53. The zero-order valence-electron chi connectivity index (χ0n) is 18.2. The van der Waals surface area contributed by atoms with Gasteiger partial charge in [-0.1, -0.05) is 48.2 Å². The van der Waals surface area contributed by atoms with Crippen LogP contribution in [0.1, 0.15) is 54.4 Å². The number of rotatable bonds is 3. The molecule has 0 amide bonds. The normalized spacial score (nSPS) is 30.3. The average molecular weight is 416 g/mol. The number of hydrogen-bond acceptors (Lipinski definition) is 5. The number of fused-ring (bicyclic) bond motifs is 2. The summed E-state index contributed by atoms with van der Waals surface area (Å²) in [6.45, 7) is 4.20. The van der Waals surface area contributed by atoms with E-state index in [4.69, 9.17) is 19.5 Å². The predicted molar refractivity (Wildman–Crippen MR) is 121 cm³/mol. The van der Waals surface area contributed by atoms with Crippen LogP contribution in [0.4, 0.5) is 0 Å². The smallest absolute Gasteiger partial charge is 0.218 e. The van der Waals surface area contributed by atoms with Crippen molar-refractivity contribution in [3.63, 3.8) is 0 Å². The van der Waals surface area contributed by atoms with E-state index in [0.29, 0.717) is 6.04 Å². The van der Waals surface area contributed by atoms with Crippen molar-refractivity contribution in [1.29, 1.82) is 0 Å². The van der Waals surface area contributed by atoms with Gasteiger partial charge in [-0.15, -0.1) is 0 Å². The lowest BCUT2D eigenvalue weighted by Crippen LogP contribution is -2.60. The summed E-state index contributed by atoms with van der Waals surface area (Å²) in [5.41, 5.74) is 4.60. The Morgan fingerprint density at radius 1 is 0.710 bits per heavy atom. The van der Waals surface area contributed by atoms with Crippen LogP contribution in [-0.4, -0.2) is 47.3 Å². The number of piperidine rings is 1. The second-order valence-corrected chi connectivity index (χ2v) is 9.37. The molecule has 0 aromatic heterocycles. The minimum absolute atomic E-state index is 0.0618. The van der Waals surface area contributed by atoms with Crippen LogP contribution in [0.3, 0.4) is 0 Å². The van der Waals surface area contributed by atoms with Crippen molar-refractivity contribution in [1.82, 2.24) is 4.90 Å². The predicted octanol–water partition coefficient (Wildman–Crippen LogP) is 4.59. The molecule has 0 spiro atoms. The molecule has 6 rings (SSSR count). The van der Waals surface area contributed by atoms with E-state index in [1.165, 1.54) is 36.8 Å². The first-order chi connectivity index (χ1) is 15.2. The van der Waals surface area contributed by atoms with Crippen molar-refractivity contribution >= 4 is 11.8 Å². The standard InChI is InChI=1S/C26H29N3O2/c1-16-7-11-18(12-8-16)23-27-21-15-22-26(29(25(21)30-23)20-5-3-4-6-20)31-24(28-22)19-13-9-17(2)10-14-19/h7-14,20-22,25-26H,3-6,15H2,1-2H3. The molecule has 5 heteroatoms. The molecule has 0 bridgehead atoms. The van der Waals surface area contributed by atoms with Crippen LogP contribution in [0.15, 0.2) is 58.5 Å². The lowest BCUT2D eigenvalue weighted by atomic mass is 9.96. The van der Waals surface area contributed by atoms with Gasteiger partial charge in [-0.2, -0.15) is 0 Å². The van der Waals surface area contributed by atoms with Crippen molar-refractivity contribution in [3.8, 4) is 0 Å². The zero-order chi connectivity index (χ0) is 20.9. The highest BCUT2D eigenvalue weighted by atomic mass is 16.6. The van der Waals surface area contributed by atoms with Gasteiger partial charge in [0.05, 0.1) is 0 Å². The maximum absolute atomic E-state index is 6.53. The van der Waals surface area contributed by atoms with Crippen LogP contribution in [-0.2, 0) is 9.47 Å². The van der Waals surface area contributed by atoms with E-state index in [9.17, 15) is 0 Å². The fourth-order valence-corrected chi connectivity index (χ4v) is 5.42. The minimum Gasteiger partial charge on any atom is -0.456 e. The van der Waals surface area contributed by atoms with E-state index < -0.39 is 0 Å². The van der Waals surface area contributed by atoms with Gasteiger partial charge in [-0.3, -0.25) is 0 Å². The Bertz CT molecular complexity index is 946. The molecule has 31 heavy (non-hydrogen) atoms. The third kappa shape index (κ3) is 3.35. The quantitative estimate of drug-likeness (QED) is 0.736. The van der Waals surface area contributed by atoms with Crippen LogP contribution in [0.25, 0.3) is 0 Å². The van der Waals surface area contributed by atoms with E-state index in [2.05, 4.69) is 67.3 Å². The van der Waals surface area contributed by atoms with Gasteiger partial charge >= 0.3 is 0 Å². The number of hydrogen-bond donors (Lipinski definition) is 0. The average Bonchev–Trinajstić information content (AvgIpc) is 3.52. The summed E-state index contributed by atoms with van der Waals surface area (Å²) in [5, 5.41) is 0. The topological polar surface area (TPSA) is 46.4 Å². The molecule has 2 fully saturated rings. The molecule has 0 N–H and O–H groups in total. The molecule has 4 aliphatic rings. The van der Waals surface area contributed by atoms with E-state index in [1.54, 1.807) is 0 Å². The third-order valence-electron chi connectivity index (χ3n) is 7.10. The fraction of sp³-hybridized carbons (Fsp3) is 0.462. The summed E-state index contributed by atoms with van der Waals surface area (Å²) >= 11 is 0. The van der Waals surface area contributed by atoms with Crippen molar-refractivity contribution in [2.45, 2.75) is 76.5 Å². The number of aryl methyl sites for hydroxylation is 2. The van der Waals surface area contributed by atoms with Gasteiger partial charge in [0.2, 0.25) is 11.8 Å². The summed E-state index contributed by atoms with van der Waals surface area (Å²) < 4.78 is 13.1. The van der Waals surface area contributed by atoms with E-state index >= 15 is 0 Å². The summed E-state index contributed by atoms with van der Waals surface area (Å²) in [4.78, 5) is 12.5. The summed E-state index contributed by atoms with van der Waals surface area (Å²) in [6, 6.07) is 17.6. The van der Waals surface area contributed by atoms with Crippen molar-refractivity contribution in [2.75, 3.05) is 0 Å². The Morgan fingerprint density at radius 2 is 1.16 bits per heavy atom. The van der Waals surface area contributed by atoms with Crippen LogP contribution >= 0.6 is 0 Å². The molecule has 4 atom stereocenters. The first-order valence-corrected chi connectivity index (χ1v) is 11.6. The molecule has 2 aromatic carbocycles. The Labute approximate surface area is 183 Å². The maximum atomic E-state index is 6.53. The molecule has 4 unspecified atom stereocenters. The van der Waals surface area contributed by atoms with Gasteiger partial charge in [0.1, 0.15) is 12.1 Å². The molecule has 1 saturated carbocycles. The molecule has 3 heterocycles. The van der Waals surface area contributed by atoms with Crippen LogP contribution in [0, 0.1) is 13.8 Å². The Morgan fingerprint density at radius 3 is 1.61 bits per heavy atom. The number of nitrogens with zero attached hydrogens (tertiary/aromatic N) is 3. The van der Waals surface area contributed by atoms with E-state index in [-0.39, 0.29) is 24.5 Å². The van der Waals surface area contributed by atoms with Gasteiger partial charge in [-0.25, -0.2) is 14.9 Å². The van der Waals surface area contributed by atoms with Crippen LogP contribution in [0.2, 0.25) is 0 Å². The number of benzene rings is 2. The summed E-state index contributed by atoms with van der Waals surface area (Å²) in [6.07, 6.45) is 5.67. The van der Waals surface area contributed by atoms with Crippen LogP contribution in [0.5, 0.6) is 0 Å². The van der Waals surface area contributed by atoms with E-state index in [0.717, 1.165) is 29.3 Å². The lowest BCUT2D eigenvalue weighted by Gasteiger charge is -2.44. The monoisotopic (exact) mass is 415 g/mol. The fourth-order valence-electron chi connectivity index (χ4n) is 5.42. The summed E-state index contributed by atoms with van der Waals surface area (Å²) in [7, 11) is 0. The molecule has 2 aromatic rings. The van der Waals surface area contributed by atoms with Gasteiger partial charge in [0, 0.05) is 23.6 Å². The van der Waals surface area contributed by atoms with Gasteiger partial charge in [0.25, 0.3) is 0 Å². The number of likely N-dealkylation sites (tertiary alicyclic amines) is 1. The van der Waals surface area contributed by atoms with Gasteiger partial charge in [0.15, 0.2) is 12.5 Å². The van der Waals surface area contributed by atoms with Gasteiger partial charge < -0.3 is 9.47 Å². The van der Waals surface area contributed by atoms with Gasteiger partial charge in [-0.05, 0) is 51.0 Å². The molecule has 0 radical (unpaired) electrons. The molecule has 1 saturated heterocycles. The highest BCUT2D eigenvalue weighted by molar-refractivity contribution is 5.96. The SMILES string of the molecule is Cc1ccc(C2=NC3CC4N=C(c5ccc(C)cc5)OC4N(C4CCCC4)C3O2)cc1. The highest BCUT2D eigenvalue weighted by Crippen LogP contribution is 2.41. The van der Waals surface area contributed by atoms with Crippen molar-refractivity contribution < 1.29 is 9.47 Å². The lowest BCUT2D eigenvalue weighted by molar-refractivity contribution is -0.135. The molecule has 160 valence electrons. The van der Waals surface area contributed by atoms with Crippen LogP contribution < -0.4 is 0 Å². The molecular weight excluding hydrogens is 386 g/mol. The molecule has 1 aliphatic carbocycles. The molecule has 5 nitrogen and oxygen atoms in total. The second-order valence-electron chi connectivity index (χ2n) is 9.37. The van der Waals surface area contributed by atoms with Crippen molar-refractivity contribution in [3.05, 3.63) is 70.8 Å². The first-order valence-electron chi connectivity index (χ1n) is 11.6. The highest BCUT2D eigenvalue weighted by Gasteiger charge is 2.53. The molecular formula is C26H29N3O2. The van der Waals surface area contributed by atoms with Crippen molar-refractivity contribution in [2.24, 2.45) is 9.98 Å². The Kier molecular flexibility index (Phi) is 4.60. The Balaban J connectivity index is 1.32. The molecule has 3 aliphatic heterocycles. The zero-order valence-corrected chi connectivity index (χ0v) is 18.2. The third-order valence-corrected chi connectivity index (χ3v) is 7.10. The minimum atomic E-state index is -0.0618. The number of ether oxygens (including phenoxy) is 2.